The Labute approximate surface area is 266 Å². The van der Waals surface area contributed by atoms with Crippen LogP contribution in [0.4, 0.5) is 10.1 Å². The first-order chi connectivity index (χ1) is 21.2. The van der Waals surface area contributed by atoms with E-state index in [1.807, 2.05) is 49.0 Å². The summed E-state index contributed by atoms with van der Waals surface area (Å²) in [5.74, 6) is -0.507. The number of hydrogen-bond donors (Lipinski definition) is 2. The van der Waals surface area contributed by atoms with Crippen LogP contribution in [0.25, 0.3) is 11.1 Å². The molecule has 1 atom stereocenters. The molecule has 1 amide bonds. The number of nitrogens with one attached hydrogen (secondary N) is 2. The van der Waals surface area contributed by atoms with E-state index in [-0.39, 0.29) is 22.4 Å². The first kappa shape index (κ1) is 30.4. The van der Waals surface area contributed by atoms with Crippen LogP contribution in [0.3, 0.4) is 0 Å². The summed E-state index contributed by atoms with van der Waals surface area (Å²) in [5, 5.41) is 6.59. The van der Waals surface area contributed by atoms with E-state index in [0.717, 1.165) is 46.6 Å². The second-order valence-electron chi connectivity index (χ2n) is 11.2. The average Bonchev–Trinajstić information content (AvgIpc) is 3.57. The Morgan fingerprint density at radius 3 is 2.66 bits per heavy atom. The van der Waals surface area contributed by atoms with Crippen molar-refractivity contribution < 1.29 is 18.7 Å². The molecule has 1 unspecified atom stereocenters. The maximum absolute atomic E-state index is 15.5. The summed E-state index contributed by atoms with van der Waals surface area (Å²) < 4.78 is 28.9. The highest BCUT2D eigenvalue weighted by molar-refractivity contribution is 6.36. The molecule has 0 bridgehead atoms. The molecule has 0 saturated heterocycles. The Balaban J connectivity index is 1.28. The van der Waals surface area contributed by atoms with Crippen molar-refractivity contribution in [3.8, 4) is 22.6 Å². The molecule has 0 spiro atoms. The van der Waals surface area contributed by atoms with Crippen molar-refractivity contribution in [1.29, 1.82) is 0 Å². The number of fused-ring (bicyclic) bond motifs is 2. The van der Waals surface area contributed by atoms with Gasteiger partial charge < -0.3 is 29.6 Å². The van der Waals surface area contributed by atoms with Gasteiger partial charge in [0.15, 0.2) is 17.3 Å². The number of halogens is 3. The number of methoxy groups -OCH3 is 1. The number of carbonyl (C=O) groups is 1. The molecule has 8 nitrogen and oxygen atoms in total. The minimum atomic E-state index is -0.623. The van der Waals surface area contributed by atoms with Crippen LogP contribution in [0.15, 0.2) is 42.5 Å². The zero-order valence-corrected chi connectivity index (χ0v) is 26.6. The molecular formula is C33H34Cl2FN5O3. The lowest BCUT2D eigenvalue weighted by atomic mass is 9.96. The largest absolute Gasteiger partial charge is 0.493 e. The van der Waals surface area contributed by atoms with Crippen LogP contribution in [0.2, 0.25) is 10.0 Å². The number of amides is 1. The van der Waals surface area contributed by atoms with Crippen LogP contribution in [-0.2, 0) is 33.0 Å². The van der Waals surface area contributed by atoms with Crippen molar-refractivity contribution in [2.24, 2.45) is 7.05 Å². The smallest absolute Gasteiger partial charge is 0.291 e. The van der Waals surface area contributed by atoms with Crippen LogP contribution in [0.5, 0.6) is 11.5 Å². The molecule has 6 rings (SSSR count). The van der Waals surface area contributed by atoms with Gasteiger partial charge in [0, 0.05) is 49.9 Å². The van der Waals surface area contributed by atoms with Crippen molar-refractivity contribution in [2.45, 2.75) is 38.5 Å². The third-order valence-corrected chi connectivity index (χ3v) is 9.13. The lowest BCUT2D eigenvalue weighted by Gasteiger charge is -2.21. The van der Waals surface area contributed by atoms with Crippen LogP contribution in [0.1, 0.15) is 51.2 Å². The van der Waals surface area contributed by atoms with Gasteiger partial charge in [0.25, 0.3) is 5.91 Å². The predicted molar refractivity (Wildman–Crippen MR) is 171 cm³/mol. The summed E-state index contributed by atoms with van der Waals surface area (Å²) in [6.45, 7) is 2.04. The normalized spacial score (nSPS) is 16.0. The number of rotatable bonds is 8. The lowest BCUT2D eigenvalue weighted by molar-refractivity contribution is 0.101. The zero-order valence-electron chi connectivity index (χ0n) is 25.1. The van der Waals surface area contributed by atoms with Crippen molar-refractivity contribution in [1.82, 2.24) is 19.8 Å². The number of benzene rings is 3. The molecule has 11 heteroatoms. The molecule has 1 aromatic heterocycles. The minimum absolute atomic E-state index is 0.0306. The molecule has 0 fully saturated rings. The Kier molecular flexibility index (Phi) is 8.57. The van der Waals surface area contributed by atoms with Crippen LogP contribution in [0, 0.1) is 5.82 Å². The summed E-state index contributed by atoms with van der Waals surface area (Å²) in [6.07, 6.45) is 1.77. The minimum Gasteiger partial charge on any atom is -0.493 e. The number of nitrogens with zero attached hydrogens (tertiary/aromatic N) is 3. The number of imidazole rings is 1. The van der Waals surface area contributed by atoms with E-state index in [9.17, 15) is 4.79 Å². The van der Waals surface area contributed by atoms with Gasteiger partial charge in [-0.3, -0.25) is 4.79 Å². The molecule has 4 aromatic rings. The highest BCUT2D eigenvalue weighted by Gasteiger charge is 2.31. The summed E-state index contributed by atoms with van der Waals surface area (Å²) in [4.78, 5) is 20.2. The fourth-order valence-corrected chi connectivity index (χ4v) is 6.83. The van der Waals surface area contributed by atoms with Gasteiger partial charge in [0.1, 0.15) is 6.10 Å². The van der Waals surface area contributed by atoms with Gasteiger partial charge >= 0.3 is 0 Å². The van der Waals surface area contributed by atoms with Gasteiger partial charge in [-0.15, -0.1) is 0 Å². The maximum Gasteiger partial charge on any atom is 0.291 e. The number of aromatic nitrogens is 2. The quantitative estimate of drug-likeness (QED) is 0.228. The van der Waals surface area contributed by atoms with Crippen LogP contribution < -0.4 is 20.1 Å². The molecule has 44 heavy (non-hydrogen) atoms. The molecule has 2 heterocycles. The van der Waals surface area contributed by atoms with E-state index in [1.54, 1.807) is 19.2 Å². The Bertz CT molecular complexity index is 1760. The first-order valence-corrected chi connectivity index (χ1v) is 15.3. The predicted octanol–water partition coefficient (Wildman–Crippen LogP) is 6.57. The van der Waals surface area contributed by atoms with E-state index >= 15 is 4.39 Å². The second-order valence-corrected chi connectivity index (χ2v) is 12.0. The fraction of sp³-hybridized carbons (Fsp3) is 0.333. The van der Waals surface area contributed by atoms with Crippen LogP contribution in [-0.4, -0.2) is 48.1 Å². The topological polar surface area (TPSA) is 80.7 Å². The number of likely N-dealkylation sites (N-methyl/N-ethyl adjacent to an activating group) is 1. The van der Waals surface area contributed by atoms with E-state index in [0.29, 0.717) is 48.0 Å². The maximum atomic E-state index is 15.5. The van der Waals surface area contributed by atoms with Gasteiger partial charge in [-0.05, 0) is 55.8 Å². The summed E-state index contributed by atoms with van der Waals surface area (Å²) in [7, 11) is 7.12. The third-order valence-electron chi connectivity index (χ3n) is 8.44. The second kappa shape index (κ2) is 12.4. The summed E-state index contributed by atoms with van der Waals surface area (Å²) in [6, 6.07) is 13.2. The number of carbonyl (C=O) groups excluding carboxylic acids is 1. The van der Waals surface area contributed by atoms with Crippen molar-refractivity contribution in [2.75, 3.05) is 33.1 Å². The van der Waals surface area contributed by atoms with Crippen molar-refractivity contribution in [3.05, 3.63) is 92.2 Å². The van der Waals surface area contributed by atoms with E-state index < -0.39 is 11.9 Å². The fourth-order valence-electron chi connectivity index (χ4n) is 6.29. The van der Waals surface area contributed by atoms with Gasteiger partial charge in [-0.25, -0.2) is 4.98 Å². The molecule has 0 saturated carbocycles. The monoisotopic (exact) mass is 637 g/mol. The number of ether oxygens (including phenoxy) is 2. The Hall–Kier alpha value is -3.63. The van der Waals surface area contributed by atoms with Crippen LogP contribution >= 0.6 is 23.2 Å². The Morgan fingerprint density at radius 2 is 1.89 bits per heavy atom. The standard InChI is InChI=1S/C33H34Cl2FN5O3/c1-37-16-18-15-23(34)31(29(36)30(18)43-4)44-27-12-11-20-19(7-5-8-21(20)27)22-9-6-10-24(28(22)35)39-33(42)32-38-25-17-40(2)14-13-26(25)41(32)3/h5-10,15,27,37H,11-14,16-17H2,1-4H3,(H,39,42). The molecule has 230 valence electrons. The van der Waals surface area contributed by atoms with E-state index in [1.165, 1.54) is 7.11 Å². The van der Waals surface area contributed by atoms with Gasteiger partial charge in [-0.1, -0.05) is 53.5 Å². The molecule has 0 radical (unpaired) electrons. The third kappa shape index (κ3) is 5.43. The zero-order chi connectivity index (χ0) is 31.1. The van der Waals surface area contributed by atoms with Crippen molar-refractivity contribution >= 4 is 34.8 Å². The molecule has 2 N–H and O–H groups in total. The summed E-state index contributed by atoms with van der Waals surface area (Å²) in [5.41, 5.74) is 6.82. The molecule has 1 aliphatic carbocycles. The highest BCUT2D eigenvalue weighted by Crippen LogP contribution is 2.46. The Morgan fingerprint density at radius 1 is 1.11 bits per heavy atom. The molecule has 1 aliphatic heterocycles. The molecular weight excluding hydrogens is 604 g/mol. The molecule has 2 aliphatic rings. The number of hydrogen-bond acceptors (Lipinski definition) is 6. The first-order valence-electron chi connectivity index (χ1n) is 14.5. The SMILES string of the molecule is CNCc1cc(Cl)c(OC2CCc3c(-c4cccc(NC(=O)c5nc6c(n5C)CCN(C)C6)c4Cl)cccc32)c(F)c1OC. The van der Waals surface area contributed by atoms with Crippen molar-refractivity contribution in [3.63, 3.8) is 0 Å². The van der Waals surface area contributed by atoms with E-state index in [2.05, 4.69) is 20.5 Å². The van der Waals surface area contributed by atoms with Gasteiger partial charge in [-0.2, -0.15) is 4.39 Å². The van der Waals surface area contributed by atoms with E-state index in [4.69, 9.17) is 32.7 Å². The molecule has 3 aromatic carbocycles. The average molecular weight is 639 g/mol. The highest BCUT2D eigenvalue weighted by atomic mass is 35.5. The lowest BCUT2D eigenvalue weighted by Crippen LogP contribution is -2.27. The number of anilines is 1. The summed E-state index contributed by atoms with van der Waals surface area (Å²) >= 11 is 13.4. The van der Waals surface area contributed by atoms with Gasteiger partial charge in [0.05, 0.1) is 28.5 Å². The van der Waals surface area contributed by atoms with Gasteiger partial charge in [0.2, 0.25) is 5.82 Å².